The maximum Gasteiger partial charge on any atom is 0.408 e. The van der Waals surface area contributed by atoms with Gasteiger partial charge in [-0.15, -0.1) is 0 Å². The SMILES string of the molecule is O=C(N[C@@H](c1ccccc1)c1cccc(OCCOc2cccc(CNC[C@H](O)c3ccc(O)c4[nH]c(=O)ccc34)c2)c1)O[C@@H]1CN2CCC1CC2. The molecular formula is C41H44N4O7. The molecule has 52 heavy (non-hydrogen) atoms. The standard InChI is InChI=1S/C41H44N4O7/c46-35-14-12-33(34-13-15-38(48)43-40(34)35)36(47)25-42-24-27-6-4-10-31(22-27)50-20-21-51-32-11-5-9-30(23-32)39(29-7-2-1-3-8-29)44-41(49)52-37-26-45-18-16-28(37)17-19-45/h1-15,22-23,28,36-37,39,42,46-47H,16-21,24-26H2,(H,43,48)(H,44,49)/t36-,37+,39-/m0/s1. The van der Waals surface area contributed by atoms with E-state index >= 15 is 0 Å². The van der Waals surface area contributed by atoms with Crippen LogP contribution in [0.1, 0.15) is 47.2 Å². The zero-order valence-electron chi connectivity index (χ0n) is 28.9. The monoisotopic (exact) mass is 704 g/mol. The van der Waals surface area contributed by atoms with Gasteiger partial charge in [-0.2, -0.15) is 0 Å². The minimum absolute atomic E-state index is 0.0465. The predicted molar refractivity (Wildman–Crippen MR) is 198 cm³/mol. The van der Waals surface area contributed by atoms with Crippen LogP contribution < -0.4 is 25.7 Å². The van der Waals surface area contributed by atoms with Crippen LogP contribution in [0.5, 0.6) is 17.2 Å². The Balaban J connectivity index is 0.904. The summed E-state index contributed by atoms with van der Waals surface area (Å²) in [4.78, 5) is 29.9. The van der Waals surface area contributed by atoms with Gasteiger partial charge in [0, 0.05) is 31.1 Å². The number of alkyl carbamates (subject to hydrolysis) is 1. The number of piperidine rings is 3. The molecule has 2 bridgehead atoms. The van der Waals surface area contributed by atoms with Crippen molar-refractivity contribution < 1.29 is 29.2 Å². The van der Waals surface area contributed by atoms with Gasteiger partial charge in [0.15, 0.2) is 0 Å². The number of aromatic hydroxyl groups is 1. The normalized spacial score (nSPS) is 19.1. The number of rotatable bonds is 14. The van der Waals surface area contributed by atoms with Crippen molar-refractivity contribution in [3.05, 3.63) is 136 Å². The molecule has 270 valence electrons. The van der Waals surface area contributed by atoms with Crippen molar-refractivity contribution in [3.63, 3.8) is 0 Å². The molecule has 0 aliphatic carbocycles. The van der Waals surface area contributed by atoms with Crippen LogP contribution >= 0.6 is 0 Å². The summed E-state index contributed by atoms with van der Waals surface area (Å²) in [7, 11) is 0. The minimum Gasteiger partial charge on any atom is -0.506 e. The van der Waals surface area contributed by atoms with E-state index in [1.807, 2.05) is 78.9 Å². The molecule has 3 atom stereocenters. The topological polar surface area (TPSA) is 145 Å². The number of aromatic nitrogens is 1. The summed E-state index contributed by atoms with van der Waals surface area (Å²) in [5, 5.41) is 28.0. The lowest BCUT2D eigenvalue weighted by molar-refractivity contribution is -0.0336. The summed E-state index contributed by atoms with van der Waals surface area (Å²) in [5.41, 5.74) is 3.39. The highest BCUT2D eigenvalue weighted by Gasteiger charge is 2.37. The summed E-state index contributed by atoms with van der Waals surface area (Å²) in [6.07, 6.45) is 0.802. The number of pyridine rings is 1. The molecule has 4 aromatic carbocycles. The number of carbonyl (C=O) groups is 1. The average molecular weight is 705 g/mol. The number of amides is 1. The number of aromatic amines is 1. The zero-order valence-corrected chi connectivity index (χ0v) is 28.9. The number of phenols is 1. The molecule has 1 aromatic heterocycles. The number of hydrogen-bond acceptors (Lipinski definition) is 9. The van der Waals surface area contributed by atoms with E-state index in [1.165, 1.54) is 12.1 Å². The fourth-order valence-electron chi connectivity index (χ4n) is 7.20. The van der Waals surface area contributed by atoms with Crippen molar-refractivity contribution in [3.8, 4) is 17.2 Å². The van der Waals surface area contributed by atoms with Gasteiger partial charge in [0.05, 0.1) is 17.7 Å². The van der Waals surface area contributed by atoms with Crippen molar-refractivity contribution in [2.75, 3.05) is 39.4 Å². The van der Waals surface area contributed by atoms with Gasteiger partial charge in [-0.05, 0) is 90.5 Å². The number of benzene rings is 4. The Hall–Kier alpha value is -5.36. The van der Waals surface area contributed by atoms with Gasteiger partial charge in [0.1, 0.15) is 36.6 Å². The van der Waals surface area contributed by atoms with Gasteiger partial charge in [0.25, 0.3) is 0 Å². The second kappa shape index (κ2) is 16.3. The van der Waals surface area contributed by atoms with E-state index in [2.05, 4.69) is 20.5 Å². The summed E-state index contributed by atoms with van der Waals surface area (Å²) in [6, 6.07) is 31.0. The smallest absolute Gasteiger partial charge is 0.408 e. The Morgan fingerprint density at radius 1 is 0.865 bits per heavy atom. The molecule has 0 saturated carbocycles. The Bertz CT molecular complexity index is 2030. The van der Waals surface area contributed by atoms with Crippen LogP contribution in [0.2, 0.25) is 0 Å². The first-order valence-corrected chi connectivity index (χ1v) is 17.8. The van der Waals surface area contributed by atoms with Gasteiger partial charge in [0.2, 0.25) is 5.56 Å². The Morgan fingerprint density at radius 3 is 2.35 bits per heavy atom. The highest BCUT2D eigenvalue weighted by atomic mass is 16.6. The van der Waals surface area contributed by atoms with Crippen molar-refractivity contribution in [2.24, 2.45) is 5.92 Å². The van der Waals surface area contributed by atoms with Crippen LogP contribution in [-0.2, 0) is 11.3 Å². The molecule has 11 heteroatoms. The van der Waals surface area contributed by atoms with E-state index in [1.54, 1.807) is 12.1 Å². The molecule has 5 N–H and O–H groups in total. The molecule has 3 aliphatic heterocycles. The summed E-state index contributed by atoms with van der Waals surface area (Å²) < 4.78 is 18.0. The third-order valence-corrected chi connectivity index (χ3v) is 9.89. The number of H-pyrrole nitrogens is 1. The van der Waals surface area contributed by atoms with Crippen LogP contribution in [0.15, 0.2) is 108 Å². The van der Waals surface area contributed by atoms with Crippen molar-refractivity contribution in [1.82, 2.24) is 20.5 Å². The lowest BCUT2D eigenvalue weighted by Crippen LogP contribution is -2.52. The van der Waals surface area contributed by atoms with Gasteiger partial charge >= 0.3 is 6.09 Å². The van der Waals surface area contributed by atoms with Gasteiger partial charge < -0.3 is 40.0 Å². The molecule has 3 aliphatic rings. The number of fused-ring (bicyclic) bond motifs is 4. The van der Waals surface area contributed by atoms with E-state index < -0.39 is 18.2 Å². The summed E-state index contributed by atoms with van der Waals surface area (Å²) >= 11 is 0. The average Bonchev–Trinajstić information content (AvgIpc) is 3.17. The number of hydrogen-bond donors (Lipinski definition) is 5. The Kier molecular flexibility index (Phi) is 11.0. The molecule has 0 spiro atoms. The van der Waals surface area contributed by atoms with Gasteiger partial charge in [-0.3, -0.25) is 9.69 Å². The van der Waals surface area contributed by atoms with E-state index in [9.17, 15) is 19.8 Å². The maximum atomic E-state index is 13.2. The molecule has 11 nitrogen and oxygen atoms in total. The molecule has 8 rings (SSSR count). The van der Waals surface area contributed by atoms with E-state index in [0.717, 1.165) is 49.2 Å². The fourth-order valence-corrected chi connectivity index (χ4v) is 7.20. The predicted octanol–water partition coefficient (Wildman–Crippen LogP) is 5.42. The summed E-state index contributed by atoms with van der Waals surface area (Å²) in [5.74, 6) is 1.74. The van der Waals surface area contributed by atoms with Crippen LogP contribution in [0.25, 0.3) is 10.9 Å². The largest absolute Gasteiger partial charge is 0.506 e. The molecule has 1 amide bonds. The first kappa shape index (κ1) is 35.1. The quantitative estimate of drug-likeness (QED) is 0.0957. The number of aliphatic hydroxyl groups is 1. The first-order chi connectivity index (χ1) is 25.4. The molecule has 3 saturated heterocycles. The van der Waals surface area contributed by atoms with E-state index in [0.29, 0.717) is 53.6 Å². The number of nitrogens with one attached hydrogen (secondary N) is 3. The highest BCUT2D eigenvalue weighted by Crippen LogP contribution is 2.31. The first-order valence-electron chi connectivity index (χ1n) is 17.8. The van der Waals surface area contributed by atoms with Crippen LogP contribution in [0.3, 0.4) is 0 Å². The highest BCUT2D eigenvalue weighted by molar-refractivity contribution is 5.87. The van der Waals surface area contributed by atoms with Gasteiger partial charge in [-0.25, -0.2) is 4.79 Å². The van der Waals surface area contributed by atoms with Crippen molar-refractivity contribution in [1.29, 1.82) is 0 Å². The van der Waals surface area contributed by atoms with Crippen molar-refractivity contribution in [2.45, 2.75) is 37.6 Å². The number of carbonyl (C=O) groups excluding carboxylic acids is 1. The lowest BCUT2D eigenvalue weighted by atomic mass is 9.86. The number of phenolic OH excluding ortho intramolecular Hbond substituents is 1. The molecule has 3 fully saturated rings. The second-order valence-corrected chi connectivity index (χ2v) is 13.4. The number of ether oxygens (including phenoxy) is 3. The third kappa shape index (κ3) is 8.56. The molecule has 0 unspecified atom stereocenters. The van der Waals surface area contributed by atoms with Crippen LogP contribution in [0, 0.1) is 5.92 Å². The third-order valence-electron chi connectivity index (χ3n) is 9.89. The second-order valence-electron chi connectivity index (χ2n) is 13.4. The maximum absolute atomic E-state index is 13.2. The Labute approximate surface area is 302 Å². The zero-order chi connectivity index (χ0) is 35.9. The molecule has 5 aromatic rings. The van der Waals surface area contributed by atoms with E-state index in [-0.39, 0.29) is 24.0 Å². The molecule has 0 radical (unpaired) electrons. The van der Waals surface area contributed by atoms with Gasteiger partial charge in [-0.1, -0.05) is 60.7 Å². The van der Waals surface area contributed by atoms with Crippen LogP contribution in [0.4, 0.5) is 4.79 Å². The molecule has 4 heterocycles. The fraction of sp³-hybridized carbons (Fsp3) is 0.317. The van der Waals surface area contributed by atoms with E-state index in [4.69, 9.17) is 14.2 Å². The lowest BCUT2D eigenvalue weighted by Gasteiger charge is -2.43. The number of aliphatic hydroxyl groups excluding tert-OH is 1. The summed E-state index contributed by atoms with van der Waals surface area (Å²) in [6.45, 7) is 4.36. The Morgan fingerprint density at radius 2 is 1.60 bits per heavy atom. The molecular weight excluding hydrogens is 660 g/mol. The van der Waals surface area contributed by atoms with Crippen molar-refractivity contribution >= 4 is 17.0 Å². The minimum atomic E-state index is -0.855. The number of nitrogens with zero attached hydrogens (tertiary/aromatic N) is 1. The van der Waals surface area contributed by atoms with Crippen LogP contribution in [-0.4, -0.2) is 71.7 Å².